The molecule has 8 heteroatoms. The molecule has 1 saturated heterocycles. The highest BCUT2D eigenvalue weighted by Gasteiger charge is 2.26. The Bertz CT molecular complexity index is 835. The first kappa shape index (κ1) is 17.6. The van der Waals surface area contributed by atoms with Gasteiger partial charge in [0.1, 0.15) is 24.9 Å². The second-order valence-electron chi connectivity index (χ2n) is 7.10. The maximum atomic E-state index is 12.8. The van der Waals surface area contributed by atoms with E-state index in [4.69, 9.17) is 9.47 Å². The van der Waals surface area contributed by atoms with Crippen molar-refractivity contribution in [2.24, 2.45) is 5.92 Å². The van der Waals surface area contributed by atoms with Gasteiger partial charge in [-0.1, -0.05) is 6.07 Å². The molecule has 0 aliphatic carbocycles. The highest BCUT2D eigenvalue weighted by atomic mass is 16.6. The van der Waals surface area contributed by atoms with Gasteiger partial charge in [-0.05, 0) is 44.7 Å². The van der Waals surface area contributed by atoms with Crippen LogP contribution in [-0.2, 0) is 6.54 Å². The molecule has 1 fully saturated rings. The molecule has 1 unspecified atom stereocenters. The van der Waals surface area contributed by atoms with Gasteiger partial charge in [-0.15, -0.1) is 0 Å². The fourth-order valence-electron chi connectivity index (χ4n) is 3.74. The fourth-order valence-corrected chi connectivity index (χ4v) is 3.74. The SMILES string of the molecule is Cc1nc(C)n(CC2CCCN(C(=O)Nc3cccc4c3OCCO4)C2)n1. The van der Waals surface area contributed by atoms with Crippen molar-refractivity contribution in [2.75, 3.05) is 31.6 Å². The number of amides is 2. The van der Waals surface area contributed by atoms with Gasteiger partial charge in [-0.3, -0.25) is 0 Å². The number of likely N-dealkylation sites (tertiary alicyclic amines) is 1. The smallest absolute Gasteiger partial charge is 0.321 e. The molecule has 2 aliphatic heterocycles. The van der Waals surface area contributed by atoms with Gasteiger partial charge >= 0.3 is 6.03 Å². The molecule has 2 aliphatic rings. The first-order chi connectivity index (χ1) is 13.1. The summed E-state index contributed by atoms with van der Waals surface area (Å²) in [6.07, 6.45) is 2.07. The molecule has 2 amide bonds. The van der Waals surface area contributed by atoms with E-state index in [-0.39, 0.29) is 6.03 Å². The summed E-state index contributed by atoms with van der Waals surface area (Å²) in [5.41, 5.74) is 0.655. The third-order valence-corrected chi connectivity index (χ3v) is 5.01. The average molecular weight is 371 g/mol. The van der Waals surface area contributed by atoms with Crippen LogP contribution in [0.15, 0.2) is 18.2 Å². The predicted molar refractivity (Wildman–Crippen MR) is 100 cm³/mol. The molecule has 3 heterocycles. The van der Waals surface area contributed by atoms with E-state index >= 15 is 0 Å². The summed E-state index contributed by atoms with van der Waals surface area (Å²) in [7, 11) is 0. The van der Waals surface area contributed by atoms with Crippen LogP contribution in [0.2, 0.25) is 0 Å². The zero-order valence-corrected chi connectivity index (χ0v) is 15.8. The Kier molecular flexibility index (Phi) is 4.87. The Balaban J connectivity index is 1.41. The van der Waals surface area contributed by atoms with Crippen molar-refractivity contribution >= 4 is 11.7 Å². The largest absolute Gasteiger partial charge is 0.486 e. The Morgan fingerprint density at radius 1 is 1.30 bits per heavy atom. The number of ether oxygens (including phenoxy) is 2. The van der Waals surface area contributed by atoms with Gasteiger partial charge in [0, 0.05) is 19.6 Å². The monoisotopic (exact) mass is 371 g/mol. The summed E-state index contributed by atoms with van der Waals surface area (Å²) in [5, 5.41) is 7.43. The topological polar surface area (TPSA) is 81.5 Å². The van der Waals surface area contributed by atoms with Crippen LogP contribution in [0.1, 0.15) is 24.5 Å². The van der Waals surface area contributed by atoms with E-state index in [2.05, 4.69) is 15.4 Å². The quantitative estimate of drug-likeness (QED) is 0.897. The number of aryl methyl sites for hydroxylation is 2. The van der Waals surface area contributed by atoms with Crippen LogP contribution in [0.4, 0.5) is 10.5 Å². The second kappa shape index (κ2) is 7.46. The van der Waals surface area contributed by atoms with Gasteiger partial charge in [0.05, 0.1) is 5.69 Å². The summed E-state index contributed by atoms with van der Waals surface area (Å²) in [6.45, 7) is 7.13. The lowest BCUT2D eigenvalue weighted by Gasteiger charge is -2.33. The van der Waals surface area contributed by atoms with E-state index in [0.29, 0.717) is 42.9 Å². The van der Waals surface area contributed by atoms with Crippen molar-refractivity contribution < 1.29 is 14.3 Å². The van der Waals surface area contributed by atoms with Gasteiger partial charge < -0.3 is 19.7 Å². The van der Waals surface area contributed by atoms with E-state index in [0.717, 1.165) is 37.6 Å². The zero-order valence-electron chi connectivity index (χ0n) is 15.8. The van der Waals surface area contributed by atoms with Crippen molar-refractivity contribution in [3.63, 3.8) is 0 Å². The molecule has 0 radical (unpaired) electrons. The third-order valence-electron chi connectivity index (χ3n) is 5.01. The predicted octanol–water partition coefficient (Wildman–Crippen LogP) is 2.61. The molecule has 144 valence electrons. The van der Waals surface area contributed by atoms with Gasteiger partial charge in [0.2, 0.25) is 0 Å². The number of nitrogens with zero attached hydrogens (tertiary/aromatic N) is 4. The number of carbonyl (C=O) groups excluding carboxylic acids is 1. The third kappa shape index (κ3) is 3.84. The van der Waals surface area contributed by atoms with Gasteiger partial charge in [0.15, 0.2) is 11.5 Å². The van der Waals surface area contributed by atoms with E-state index in [1.165, 1.54) is 0 Å². The first-order valence-corrected chi connectivity index (χ1v) is 9.43. The standard InChI is InChI=1S/C19H25N5O3/c1-13-20-14(2)24(22-13)12-15-5-4-8-23(11-15)19(25)21-16-6-3-7-17-18(16)27-10-9-26-17/h3,6-7,15H,4-5,8-12H2,1-2H3,(H,21,25). The van der Waals surface area contributed by atoms with Crippen LogP contribution in [0.3, 0.4) is 0 Å². The number of urea groups is 1. The Labute approximate surface area is 158 Å². The van der Waals surface area contributed by atoms with Crippen molar-refractivity contribution in [1.82, 2.24) is 19.7 Å². The minimum absolute atomic E-state index is 0.103. The number of benzene rings is 1. The van der Waals surface area contributed by atoms with E-state index < -0.39 is 0 Å². The van der Waals surface area contributed by atoms with Crippen LogP contribution >= 0.6 is 0 Å². The number of anilines is 1. The summed E-state index contributed by atoms with van der Waals surface area (Å²) < 4.78 is 13.2. The summed E-state index contributed by atoms with van der Waals surface area (Å²) >= 11 is 0. The van der Waals surface area contributed by atoms with Crippen LogP contribution < -0.4 is 14.8 Å². The Hall–Kier alpha value is -2.77. The van der Waals surface area contributed by atoms with Gasteiger partial charge in [-0.25, -0.2) is 14.5 Å². The van der Waals surface area contributed by atoms with E-state index in [9.17, 15) is 4.79 Å². The molecule has 0 bridgehead atoms. The number of hydrogen-bond donors (Lipinski definition) is 1. The minimum Gasteiger partial charge on any atom is -0.486 e. The lowest BCUT2D eigenvalue weighted by molar-refractivity contribution is 0.166. The lowest BCUT2D eigenvalue weighted by Crippen LogP contribution is -2.43. The normalized spacial score (nSPS) is 19.0. The zero-order chi connectivity index (χ0) is 18.8. The molecule has 1 aromatic heterocycles. The average Bonchev–Trinajstić information content (AvgIpc) is 2.99. The van der Waals surface area contributed by atoms with Crippen LogP contribution in [0, 0.1) is 19.8 Å². The first-order valence-electron chi connectivity index (χ1n) is 9.43. The molecule has 0 saturated carbocycles. The number of hydrogen-bond acceptors (Lipinski definition) is 5. The Morgan fingerprint density at radius 2 is 2.15 bits per heavy atom. The number of carbonyl (C=O) groups is 1. The number of fused-ring (bicyclic) bond motifs is 1. The molecule has 4 rings (SSSR count). The number of rotatable bonds is 3. The van der Waals surface area contributed by atoms with E-state index in [1.54, 1.807) is 0 Å². The van der Waals surface area contributed by atoms with Gasteiger partial charge in [-0.2, -0.15) is 5.10 Å². The highest BCUT2D eigenvalue weighted by molar-refractivity contribution is 5.91. The van der Waals surface area contributed by atoms with Crippen molar-refractivity contribution in [3.05, 3.63) is 29.8 Å². The molecule has 8 nitrogen and oxygen atoms in total. The van der Waals surface area contributed by atoms with E-state index in [1.807, 2.05) is 41.6 Å². The van der Waals surface area contributed by atoms with Crippen molar-refractivity contribution in [1.29, 1.82) is 0 Å². The Morgan fingerprint density at radius 3 is 2.96 bits per heavy atom. The lowest BCUT2D eigenvalue weighted by atomic mass is 9.98. The minimum atomic E-state index is -0.103. The molecular formula is C19H25N5O3. The molecule has 27 heavy (non-hydrogen) atoms. The number of para-hydroxylation sites is 1. The number of aromatic nitrogens is 3. The second-order valence-corrected chi connectivity index (χ2v) is 7.10. The molecule has 1 atom stereocenters. The number of nitrogens with one attached hydrogen (secondary N) is 1. The van der Waals surface area contributed by atoms with Crippen LogP contribution in [0.25, 0.3) is 0 Å². The summed E-state index contributed by atoms with van der Waals surface area (Å²) in [5.74, 6) is 3.36. The summed E-state index contributed by atoms with van der Waals surface area (Å²) in [4.78, 5) is 19.0. The van der Waals surface area contributed by atoms with Crippen LogP contribution in [0.5, 0.6) is 11.5 Å². The van der Waals surface area contributed by atoms with Crippen molar-refractivity contribution in [3.8, 4) is 11.5 Å². The molecule has 1 N–H and O–H groups in total. The summed E-state index contributed by atoms with van der Waals surface area (Å²) in [6, 6.07) is 5.45. The molecule has 1 aromatic carbocycles. The maximum Gasteiger partial charge on any atom is 0.321 e. The number of piperidine rings is 1. The van der Waals surface area contributed by atoms with Crippen molar-refractivity contribution in [2.45, 2.75) is 33.2 Å². The van der Waals surface area contributed by atoms with Crippen LogP contribution in [-0.4, -0.2) is 52.0 Å². The fraction of sp³-hybridized carbons (Fsp3) is 0.526. The van der Waals surface area contributed by atoms with Gasteiger partial charge in [0.25, 0.3) is 0 Å². The molecular weight excluding hydrogens is 346 g/mol. The molecule has 2 aromatic rings. The maximum absolute atomic E-state index is 12.8. The molecule has 0 spiro atoms. The highest BCUT2D eigenvalue weighted by Crippen LogP contribution is 2.37.